The summed E-state index contributed by atoms with van der Waals surface area (Å²) >= 11 is 6.09. The van der Waals surface area contributed by atoms with Crippen molar-refractivity contribution in [1.29, 1.82) is 0 Å². The van der Waals surface area contributed by atoms with Crippen molar-refractivity contribution >= 4 is 28.9 Å². The maximum absolute atomic E-state index is 13.1. The zero-order valence-corrected chi connectivity index (χ0v) is 22.5. The van der Waals surface area contributed by atoms with Crippen LogP contribution in [0, 0.1) is 5.92 Å². The van der Waals surface area contributed by atoms with Crippen LogP contribution in [0.1, 0.15) is 48.5 Å². The molecule has 0 radical (unpaired) electrons. The number of benzene rings is 3. The van der Waals surface area contributed by atoms with E-state index in [-0.39, 0.29) is 11.4 Å². The Labute approximate surface area is 225 Å². The zero-order chi connectivity index (χ0) is 25.8. The summed E-state index contributed by atoms with van der Waals surface area (Å²) in [5.41, 5.74) is 3.87. The Morgan fingerprint density at radius 3 is 2.38 bits per heavy atom. The van der Waals surface area contributed by atoms with Gasteiger partial charge < -0.3 is 15.0 Å². The van der Waals surface area contributed by atoms with Gasteiger partial charge in [0.05, 0.1) is 12.7 Å². The average molecular weight is 518 g/mol. The first-order valence-electron chi connectivity index (χ1n) is 13.3. The minimum absolute atomic E-state index is 0.00596. The van der Waals surface area contributed by atoms with Crippen LogP contribution in [0.5, 0.6) is 5.75 Å². The molecule has 0 spiro atoms. The Kier molecular flexibility index (Phi) is 7.73. The monoisotopic (exact) mass is 517 g/mol. The van der Waals surface area contributed by atoms with Crippen LogP contribution in [-0.2, 0) is 5.54 Å². The third kappa shape index (κ3) is 5.48. The molecule has 1 aliphatic carbocycles. The number of hydrogen-bond acceptors (Lipinski definition) is 4. The Bertz CT molecular complexity index is 1220. The molecule has 0 unspecified atom stereocenters. The van der Waals surface area contributed by atoms with Crippen LogP contribution >= 0.6 is 11.6 Å². The molecular formula is C31H36ClN3O2. The summed E-state index contributed by atoms with van der Waals surface area (Å²) in [5, 5.41) is 3.64. The molecule has 1 amide bonds. The van der Waals surface area contributed by atoms with E-state index in [2.05, 4.69) is 70.6 Å². The lowest BCUT2D eigenvalue weighted by Crippen LogP contribution is -2.56. The molecule has 1 aliphatic heterocycles. The summed E-state index contributed by atoms with van der Waals surface area (Å²) in [6.45, 7) is 6.47. The topological polar surface area (TPSA) is 44.8 Å². The molecule has 2 aliphatic rings. The fourth-order valence-corrected chi connectivity index (χ4v) is 6.16. The van der Waals surface area contributed by atoms with Crippen LogP contribution in [-0.4, -0.2) is 44.1 Å². The summed E-state index contributed by atoms with van der Waals surface area (Å²) in [5.74, 6) is 1.02. The second kappa shape index (κ2) is 11.2. The highest BCUT2D eigenvalue weighted by atomic mass is 35.5. The SMILES string of the molecule is COc1cc(Cl)ccc1C(=O)Nc1cccc([C@]2(N3CCN(c4ccccc4)CC3)CC[C@H](C)CC2)c1. The summed E-state index contributed by atoms with van der Waals surface area (Å²) in [6.07, 6.45) is 4.72. The second-order valence-electron chi connectivity index (χ2n) is 10.4. The van der Waals surface area contributed by atoms with Gasteiger partial charge in [0.15, 0.2) is 0 Å². The lowest BCUT2D eigenvalue weighted by atomic mass is 9.71. The average Bonchev–Trinajstić information content (AvgIpc) is 2.94. The summed E-state index contributed by atoms with van der Waals surface area (Å²) in [7, 11) is 1.55. The van der Waals surface area contributed by atoms with Crippen LogP contribution in [0.3, 0.4) is 0 Å². The largest absolute Gasteiger partial charge is 0.496 e. The van der Waals surface area contributed by atoms with Gasteiger partial charge >= 0.3 is 0 Å². The molecule has 1 saturated carbocycles. The van der Waals surface area contributed by atoms with Gasteiger partial charge in [-0.25, -0.2) is 0 Å². The maximum atomic E-state index is 13.1. The minimum atomic E-state index is -0.201. The van der Waals surface area contributed by atoms with E-state index in [0.29, 0.717) is 16.3 Å². The van der Waals surface area contributed by atoms with E-state index in [1.807, 2.05) is 6.07 Å². The number of methoxy groups -OCH3 is 1. The number of hydrogen-bond donors (Lipinski definition) is 1. The molecular weight excluding hydrogens is 482 g/mol. The summed E-state index contributed by atoms with van der Waals surface area (Å²) in [4.78, 5) is 18.3. The molecule has 1 N–H and O–H groups in total. The quantitative estimate of drug-likeness (QED) is 0.389. The fraction of sp³-hybridized carbons (Fsp3) is 0.387. The van der Waals surface area contributed by atoms with Crippen molar-refractivity contribution in [2.45, 2.75) is 38.1 Å². The molecule has 0 atom stereocenters. The van der Waals surface area contributed by atoms with Gasteiger partial charge in [0.2, 0.25) is 0 Å². The van der Waals surface area contributed by atoms with Crippen molar-refractivity contribution in [3.63, 3.8) is 0 Å². The van der Waals surface area contributed by atoms with Crippen molar-refractivity contribution in [3.05, 3.63) is 88.9 Å². The van der Waals surface area contributed by atoms with Crippen molar-refractivity contribution in [2.75, 3.05) is 43.5 Å². The molecule has 5 nitrogen and oxygen atoms in total. The molecule has 2 fully saturated rings. The van der Waals surface area contributed by atoms with Gasteiger partial charge in [-0.2, -0.15) is 0 Å². The van der Waals surface area contributed by atoms with E-state index in [0.717, 1.165) is 50.6 Å². The van der Waals surface area contributed by atoms with E-state index in [1.165, 1.54) is 24.1 Å². The van der Waals surface area contributed by atoms with Crippen molar-refractivity contribution in [1.82, 2.24) is 4.90 Å². The number of ether oxygens (including phenoxy) is 1. The van der Waals surface area contributed by atoms with E-state index in [9.17, 15) is 4.79 Å². The third-order valence-electron chi connectivity index (χ3n) is 8.17. The van der Waals surface area contributed by atoms with Crippen LogP contribution in [0.25, 0.3) is 0 Å². The number of nitrogens with zero attached hydrogens (tertiary/aromatic N) is 2. The highest BCUT2D eigenvalue weighted by molar-refractivity contribution is 6.31. The molecule has 0 bridgehead atoms. The molecule has 5 rings (SSSR count). The Morgan fingerprint density at radius 1 is 0.946 bits per heavy atom. The Hall–Kier alpha value is -3.02. The summed E-state index contributed by atoms with van der Waals surface area (Å²) < 4.78 is 5.39. The van der Waals surface area contributed by atoms with E-state index in [1.54, 1.807) is 25.3 Å². The molecule has 3 aromatic rings. The number of para-hydroxylation sites is 1. The molecule has 6 heteroatoms. The minimum Gasteiger partial charge on any atom is -0.496 e. The fourth-order valence-electron chi connectivity index (χ4n) is 6.00. The molecule has 3 aromatic carbocycles. The van der Waals surface area contributed by atoms with Gasteiger partial charge in [0.1, 0.15) is 5.75 Å². The highest BCUT2D eigenvalue weighted by Gasteiger charge is 2.42. The first kappa shape index (κ1) is 25.6. The lowest BCUT2D eigenvalue weighted by molar-refractivity contribution is 0.0299. The number of rotatable bonds is 6. The Balaban J connectivity index is 1.38. The van der Waals surface area contributed by atoms with E-state index >= 15 is 0 Å². The molecule has 0 aromatic heterocycles. The van der Waals surface area contributed by atoms with Crippen molar-refractivity contribution < 1.29 is 9.53 Å². The smallest absolute Gasteiger partial charge is 0.259 e. The lowest BCUT2D eigenvalue weighted by Gasteiger charge is -2.51. The zero-order valence-electron chi connectivity index (χ0n) is 21.8. The van der Waals surface area contributed by atoms with Gasteiger partial charge in [0, 0.05) is 48.1 Å². The number of carbonyl (C=O) groups excluding carboxylic acids is 1. The van der Waals surface area contributed by atoms with Gasteiger partial charge in [-0.05, 0) is 79.6 Å². The van der Waals surface area contributed by atoms with Gasteiger partial charge in [0.25, 0.3) is 5.91 Å². The predicted molar refractivity (Wildman–Crippen MR) is 152 cm³/mol. The first-order chi connectivity index (χ1) is 18.0. The predicted octanol–water partition coefficient (Wildman–Crippen LogP) is 6.83. The first-order valence-corrected chi connectivity index (χ1v) is 13.7. The number of carbonyl (C=O) groups is 1. The van der Waals surface area contributed by atoms with Crippen molar-refractivity contribution in [3.8, 4) is 5.75 Å². The number of amides is 1. The molecule has 1 saturated heterocycles. The number of anilines is 2. The maximum Gasteiger partial charge on any atom is 0.259 e. The van der Waals surface area contributed by atoms with Crippen LogP contribution < -0.4 is 15.0 Å². The number of piperazine rings is 1. The summed E-state index contributed by atoms with van der Waals surface area (Å²) in [6, 6.07) is 24.3. The standard InChI is InChI=1S/C31H36ClN3O2/c1-23-13-15-31(16-14-23,35-19-17-34(18-20-35)27-9-4-3-5-10-27)24-7-6-8-26(21-24)33-30(36)28-12-11-25(32)22-29(28)37-2/h3-12,21-23H,13-20H2,1-2H3,(H,33,36)/t23-,31-. The van der Waals surface area contributed by atoms with Gasteiger partial charge in [-0.15, -0.1) is 0 Å². The van der Waals surface area contributed by atoms with Gasteiger partial charge in [-0.1, -0.05) is 48.9 Å². The van der Waals surface area contributed by atoms with Crippen LogP contribution in [0.2, 0.25) is 5.02 Å². The van der Waals surface area contributed by atoms with Gasteiger partial charge in [-0.3, -0.25) is 9.69 Å². The number of nitrogens with one attached hydrogen (secondary N) is 1. The van der Waals surface area contributed by atoms with Crippen LogP contribution in [0.4, 0.5) is 11.4 Å². The third-order valence-corrected chi connectivity index (χ3v) is 8.41. The van der Waals surface area contributed by atoms with Crippen molar-refractivity contribution in [2.24, 2.45) is 5.92 Å². The molecule has 194 valence electrons. The highest BCUT2D eigenvalue weighted by Crippen LogP contribution is 2.45. The Morgan fingerprint density at radius 2 is 1.68 bits per heavy atom. The van der Waals surface area contributed by atoms with E-state index < -0.39 is 0 Å². The second-order valence-corrected chi connectivity index (χ2v) is 10.8. The van der Waals surface area contributed by atoms with E-state index in [4.69, 9.17) is 16.3 Å². The molecule has 1 heterocycles. The number of halogens is 1. The molecule has 37 heavy (non-hydrogen) atoms. The van der Waals surface area contributed by atoms with Crippen LogP contribution in [0.15, 0.2) is 72.8 Å². The normalized spacial score (nSPS) is 22.5.